The van der Waals surface area contributed by atoms with Gasteiger partial charge in [0.1, 0.15) is 17.2 Å². The molecule has 2 aromatic carbocycles. The third-order valence-electron chi connectivity index (χ3n) is 2.66. The molecule has 0 spiro atoms. The number of hydrogen-bond acceptors (Lipinski definition) is 5. The first kappa shape index (κ1) is 15.5. The van der Waals surface area contributed by atoms with E-state index in [1.54, 1.807) is 37.4 Å². The van der Waals surface area contributed by atoms with E-state index in [9.17, 15) is 10.1 Å². The summed E-state index contributed by atoms with van der Waals surface area (Å²) in [5, 5.41) is 13.6. The molecule has 0 fully saturated rings. The van der Waals surface area contributed by atoms with E-state index in [0.29, 0.717) is 17.2 Å². The minimum absolute atomic E-state index is 0.0101. The Hall–Kier alpha value is -2.87. The van der Waals surface area contributed by atoms with Gasteiger partial charge in [-0.2, -0.15) is 0 Å². The van der Waals surface area contributed by atoms with E-state index < -0.39 is 4.92 Å². The van der Waals surface area contributed by atoms with E-state index >= 15 is 0 Å². The van der Waals surface area contributed by atoms with Crippen molar-refractivity contribution in [2.45, 2.75) is 0 Å². The molecule has 0 bridgehead atoms. The number of nitrogens with two attached hydrogens (primary N) is 1. The summed E-state index contributed by atoms with van der Waals surface area (Å²) >= 11 is 4.73. The maximum absolute atomic E-state index is 11.0. The van der Waals surface area contributed by atoms with Crippen LogP contribution in [0.4, 0.5) is 11.4 Å². The second-order valence-corrected chi connectivity index (χ2v) is 4.68. The predicted octanol–water partition coefficient (Wildman–Crippen LogP) is 3.05. The van der Waals surface area contributed by atoms with Crippen LogP contribution in [0.25, 0.3) is 0 Å². The standard InChI is InChI=1S/C14H13N3O4S/c1-20-11-2-4-12(5-3-11)21-13-7-9(16-14(15)22)6-10(8-13)17(18)19/h2-8H,1H3,(H3,15,16,22). The Morgan fingerprint density at radius 1 is 1.18 bits per heavy atom. The second-order valence-electron chi connectivity index (χ2n) is 4.24. The number of nitrogens with zero attached hydrogens (tertiary/aromatic N) is 1. The number of benzene rings is 2. The molecule has 0 atom stereocenters. The number of hydrogen-bond donors (Lipinski definition) is 2. The van der Waals surface area contributed by atoms with E-state index in [1.165, 1.54) is 12.1 Å². The highest BCUT2D eigenvalue weighted by molar-refractivity contribution is 7.80. The van der Waals surface area contributed by atoms with Crippen LogP contribution in [-0.2, 0) is 0 Å². The van der Waals surface area contributed by atoms with Crippen LogP contribution in [0.2, 0.25) is 0 Å². The molecule has 8 heteroatoms. The third-order valence-corrected chi connectivity index (χ3v) is 2.77. The van der Waals surface area contributed by atoms with Crippen molar-refractivity contribution in [3.8, 4) is 17.2 Å². The fraction of sp³-hybridized carbons (Fsp3) is 0.0714. The highest BCUT2D eigenvalue weighted by Gasteiger charge is 2.11. The molecule has 0 heterocycles. The number of nitro benzene ring substituents is 1. The molecule has 22 heavy (non-hydrogen) atoms. The van der Waals surface area contributed by atoms with Gasteiger partial charge < -0.3 is 20.5 Å². The fourth-order valence-corrected chi connectivity index (χ4v) is 1.86. The molecule has 0 aliphatic rings. The van der Waals surface area contributed by atoms with Gasteiger partial charge in [-0.15, -0.1) is 0 Å². The monoisotopic (exact) mass is 319 g/mol. The number of nitro groups is 1. The van der Waals surface area contributed by atoms with E-state index in [1.807, 2.05) is 0 Å². The van der Waals surface area contributed by atoms with Crippen molar-refractivity contribution in [3.05, 3.63) is 52.6 Å². The molecule has 114 valence electrons. The van der Waals surface area contributed by atoms with Crippen molar-refractivity contribution in [2.75, 3.05) is 12.4 Å². The van der Waals surface area contributed by atoms with Crippen molar-refractivity contribution in [1.29, 1.82) is 0 Å². The Morgan fingerprint density at radius 3 is 2.36 bits per heavy atom. The Bertz CT molecular complexity index is 704. The molecule has 0 saturated carbocycles. The predicted molar refractivity (Wildman–Crippen MR) is 86.6 cm³/mol. The fourth-order valence-electron chi connectivity index (χ4n) is 1.74. The van der Waals surface area contributed by atoms with Gasteiger partial charge in [0.15, 0.2) is 5.11 Å². The highest BCUT2D eigenvalue weighted by Crippen LogP contribution is 2.30. The van der Waals surface area contributed by atoms with Crippen molar-refractivity contribution in [1.82, 2.24) is 0 Å². The van der Waals surface area contributed by atoms with Gasteiger partial charge in [-0.1, -0.05) is 0 Å². The van der Waals surface area contributed by atoms with Crippen LogP contribution in [0.5, 0.6) is 17.2 Å². The molecule has 0 saturated heterocycles. The highest BCUT2D eigenvalue weighted by atomic mass is 32.1. The van der Waals surface area contributed by atoms with Gasteiger partial charge in [0.05, 0.1) is 23.8 Å². The Labute approximate surface area is 131 Å². The Morgan fingerprint density at radius 2 is 1.82 bits per heavy atom. The van der Waals surface area contributed by atoms with Crippen LogP contribution < -0.4 is 20.5 Å². The van der Waals surface area contributed by atoms with Gasteiger partial charge >= 0.3 is 0 Å². The summed E-state index contributed by atoms with van der Waals surface area (Å²) in [5.74, 6) is 1.49. The molecule has 2 aromatic rings. The first-order valence-electron chi connectivity index (χ1n) is 6.16. The zero-order valence-corrected chi connectivity index (χ0v) is 12.4. The molecular weight excluding hydrogens is 306 g/mol. The largest absolute Gasteiger partial charge is 0.497 e. The van der Waals surface area contributed by atoms with Crippen LogP contribution in [0.15, 0.2) is 42.5 Å². The van der Waals surface area contributed by atoms with Gasteiger partial charge in [-0.05, 0) is 36.5 Å². The molecule has 0 aliphatic heterocycles. The number of ether oxygens (including phenoxy) is 2. The van der Waals surface area contributed by atoms with E-state index in [4.69, 9.17) is 27.4 Å². The lowest BCUT2D eigenvalue weighted by molar-refractivity contribution is -0.384. The van der Waals surface area contributed by atoms with E-state index in [-0.39, 0.29) is 16.5 Å². The molecular formula is C14H13N3O4S. The van der Waals surface area contributed by atoms with Gasteiger partial charge in [-0.3, -0.25) is 10.1 Å². The Kier molecular flexibility index (Phi) is 4.74. The van der Waals surface area contributed by atoms with Crippen molar-refractivity contribution < 1.29 is 14.4 Å². The van der Waals surface area contributed by atoms with Gasteiger partial charge in [0.25, 0.3) is 5.69 Å². The zero-order chi connectivity index (χ0) is 16.1. The average molecular weight is 319 g/mol. The molecule has 7 nitrogen and oxygen atoms in total. The number of thiocarbonyl (C=S) groups is 1. The molecule has 0 aliphatic carbocycles. The number of methoxy groups -OCH3 is 1. The van der Waals surface area contributed by atoms with Crippen molar-refractivity contribution in [2.24, 2.45) is 5.73 Å². The smallest absolute Gasteiger partial charge is 0.275 e. The van der Waals surface area contributed by atoms with Crippen molar-refractivity contribution >= 4 is 28.7 Å². The summed E-state index contributed by atoms with van der Waals surface area (Å²) in [7, 11) is 1.56. The molecule has 0 aromatic heterocycles. The maximum atomic E-state index is 11.0. The van der Waals surface area contributed by atoms with Crippen LogP contribution >= 0.6 is 12.2 Å². The van der Waals surface area contributed by atoms with Gasteiger partial charge in [0.2, 0.25) is 0 Å². The number of nitrogens with one attached hydrogen (secondary N) is 1. The summed E-state index contributed by atoms with van der Waals surface area (Å²) in [6, 6.07) is 11.0. The lowest BCUT2D eigenvalue weighted by Gasteiger charge is -2.09. The maximum Gasteiger partial charge on any atom is 0.275 e. The van der Waals surface area contributed by atoms with Crippen LogP contribution in [0.1, 0.15) is 0 Å². The Balaban J connectivity index is 2.29. The minimum atomic E-state index is -0.522. The van der Waals surface area contributed by atoms with E-state index in [0.717, 1.165) is 0 Å². The summed E-state index contributed by atoms with van der Waals surface area (Å²) in [5.41, 5.74) is 5.63. The summed E-state index contributed by atoms with van der Waals surface area (Å²) < 4.78 is 10.7. The second kappa shape index (κ2) is 6.72. The van der Waals surface area contributed by atoms with Crippen LogP contribution in [-0.4, -0.2) is 17.1 Å². The van der Waals surface area contributed by atoms with Crippen LogP contribution in [0.3, 0.4) is 0 Å². The molecule has 0 unspecified atom stereocenters. The molecule has 2 rings (SSSR count). The summed E-state index contributed by atoms with van der Waals surface area (Å²) in [6.07, 6.45) is 0. The SMILES string of the molecule is COc1ccc(Oc2cc(NC(N)=S)cc([N+](=O)[O-])c2)cc1. The summed E-state index contributed by atoms with van der Waals surface area (Å²) in [4.78, 5) is 10.4. The molecule has 3 N–H and O–H groups in total. The minimum Gasteiger partial charge on any atom is -0.497 e. The van der Waals surface area contributed by atoms with Gasteiger partial charge in [0, 0.05) is 12.1 Å². The summed E-state index contributed by atoms with van der Waals surface area (Å²) in [6.45, 7) is 0. The first-order valence-corrected chi connectivity index (χ1v) is 6.56. The van der Waals surface area contributed by atoms with Crippen LogP contribution in [0, 0.1) is 10.1 Å². The normalized spacial score (nSPS) is 9.86. The number of anilines is 1. The molecule has 0 radical (unpaired) electrons. The lowest BCUT2D eigenvalue weighted by Crippen LogP contribution is -2.18. The lowest BCUT2D eigenvalue weighted by atomic mass is 10.2. The average Bonchev–Trinajstić information content (AvgIpc) is 2.47. The quantitative estimate of drug-likeness (QED) is 0.496. The zero-order valence-electron chi connectivity index (χ0n) is 11.6. The topological polar surface area (TPSA) is 99.7 Å². The van der Waals surface area contributed by atoms with Gasteiger partial charge in [-0.25, -0.2) is 0 Å². The van der Waals surface area contributed by atoms with Crippen molar-refractivity contribution in [3.63, 3.8) is 0 Å². The van der Waals surface area contributed by atoms with E-state index in [2.05, 4.69) is 5.32 Å². The first-order chi connectivity index (χ1) is 10.5. The molecule has 0 amide bonds. The number of rotatable bonds is 5. The third kappa shape index (κ3) is 4.06. The number of non-ortho nitro benzene ring substituents is 1.